The smallest absolute Gasteiger partial charge is 0.315 e. The summed E-state index contributed by atoms with van der Waals surface area (Å²) in [6.07, 6.45) is 5.97. The van der Waals surface area contributed by atoms with E-state index in [9.17, 15) is 19.2 Å². The molecule has 0 bridgehead atoms. The molecule has 0 aromatic carbocycles. The van der Waals surface area contributed by atoms with E-state index in [-0.39, 0.29) is 25.3 Å². The third-order valence-electron chi connectivity index (χ3n) is 4.19. The van der Waals surface area contributed by atoms with E-state index >= 15 is 0 Å². The molecule has 1 saturated heterocycles. The van der Waals surface area contributed by atoms with Crippen LogP contribution in [0.15, 0.2) is 31.2 Å². The topological polar surface area (TPSA) is 151 Å². The minimum atomic E-state index is -1.01. The number of carbonyl (C=O) groups excluding carboxylic acids is 4. The summed E-state index contributed by atoms with van der Waals surface area (Å²) in [6, 6.07) is -2.14. The fraction of sp³-hybridized carbons (Fsp3) is 0.412. The van der Waals surface area contributed by atoms with Crippen LogP contribution in [-0.4, -0.2) is 82.3 Å². The lowest BCUT2D eigenvalue weighted by atomic mass is 10.1. The first-order chi connectivity index (χ1) is 13.3. The number of hydrogen-bond acceptors (Lipinski definition) is 6. The van der Waals surface area contributed by atoms with Crippen LogP contribution in [0.1, 0.15) is 16.9 Å². The van der Waals surface area contributed by atoms with Crippen molar-refractivity contribution in [3.8, 4) is 0 Å². The third kappa shape index (κ3) is 5.02. The molecule has 0 aliphatic carbocycles. The maximum atomic E-state index is 12.9. The summed E-state index contributed by atoms with van der Waals surface area (Å²) in [5.74, 6) is -1.69. The molecule has 0 spiro atoms. The Hall–Kier alpha value is -3.50. The second kappa shape index (κ2) is 9.44. The van der Waals surface area contributed by atoms with Crippen LogP contribution in [0.4, 0.5) is 4.79 Å². The van der Waals surface area contributed by atoms with E-state index in [1.165, 1.54) is 36.6 Å². The normalized spacial score (nSPS) is 18.2. The molecular formula is C17H23N7O4. The molecule has 150 valence electrons. The van der Waals surface area contributed by atoms with Crippen molar-refractivity contribution in [2.45, 2.75) is 18.5 Å². The van der Waals surface area contributed by atoms with Gasteiger partial charge in [0, 0.05) is 32.5 Å². The Morgan fingerprint density at radius 2 is 2.14 bits per heavy atom. The van der Waals surface area contributed by atoms with Crippen molar-refractivity contribution in [1.82, 2.24) is 30.4 Å². The van der Waals surface area contributed by atoms with E-state index in [1.807, 2.05) is 0 Å². The van der Waals surface area contributed by atoms with Crippen molar-refractivity contribution in [3.63, 3.8) is 0 Å². The molecule has 1 aliphatic heterocycles. The Labute approximate surface area is 162 Å². The number of likely N-dealkylation sites (N-methyl/N-ethyl adjacent to an activating group) is 1. The van der Waals surface area contributed by atoms with Gasteiger partial charge in [-0.3, -0.25) is 19.4 Å². The predicted molar refractivity (Wildman–Crippen MR) is 98.8 cm³/mol. The molecule has 1 aromatic heterocycles. The first-order valence-electron chi connectivity index (χ1n) is 8.60. The molecule has 28 heavy (non-hydrogen) atoms. The van der Waals surface area contributed by atoms with Gasteiger partial charge in [0.05, 0.1) is 18.8 Å². The van der Waals surface area contributed by atoms with Crippen LogP contribution >= 0.6 is 0 Å². The zero-order valence-corrected chi connectivity index (χ0v) is 15.5. The van der Waals surface area contributed by atoms with Gasteiger partial charge in [-0.1, -0.05) is 6.08 Å². The number of nitrogens with two attached hydrogens (primary N) is 1. The van der Waals surface area contributed by atoms with Crippen molar-refractivity contribution in [3.05, 3.63) is 36.9 Å². The highest BCUT2D eigenvalue weighted by atomic mass is 16.2. The summed E-state index contributed by atoms with van der Waals surface area (Å²) >= 11 is 0. The van der Waals surface area contributed by atoms with Gasteiger partial charge in [-0.15, -0.1) is 6.58 Å². The minimum Gasteiger partial charge on any atom is -0.368 e. The van der Waals surface area contributed by atoms with E-state index in [2.05, 4.69) is 27.2 Å². The van der Waals surface area contributed by atoms with Crippen molar-refractivity contribution >= 4 is 23.8 Å². The molecule has 1 fully saturated rings. The second-order valence-electron chi connectivity index (χ2n) is 6.23. The van der Waals surface area contributed by atoms with E-state index in [1.54, 1.807) is 0 Å². The highest BCUT2D eigenvalue weighted by Gasteiger charge is 2.44. The van der Waals surface area contributed by atoms with Crippen LogP contribution in [-0.2, 0) is 9.59 Å². The van der Waals surface area contributed by atoms with Gasteiger partial charge in [0.1, 0.15) is 11.7 Å². The number of urea groups is 1. The monoisotopic (exact) mass is 389 g/mol. The quantitative estimate of drug-likeness (QED) is 0.482. The summed E-state index contributed by atoms with van der Waals surface area (Å²) < 4.78 is 0. The number of nitrogens with zero attached hydrogens (tertiary/aromatic N) is 4. The van der Waals surface area contributed by atoms with Crippen LogP contribution < -0.4 is 16.4 Å². The van der Waals surface area contributed by atoms with Gasteiger partial charge in [-0.25, -0.2) is 9.78 Å². The Morgan fingerprint density at radius 3 is 2.75 bits per heavy atom. The molecule has 11 nitrogen and oxygen atoms in total. The van der Waals surface area contributed by atoms with Gasteiger partial charge in [0.25, 0.3) is 5.91 Å². The molecule has 2 atom stereocenters. The molecule has 1 aliphatic rings. The Morgan fingerprint density at radius 1 is 1.39 bits per heavy atom. The number of amides is 5. The average Bonchev–Trinajstić information content (AvgIpc) is 3.08. The van der Waals surface area contributed by atoms with Gasteiger partial charge in [-0.2, -0.15) is 0 Å². The number of carbonyl (C=O) groups is 4. The maximum absolute atomic E-state index is 12.9. The molecular weight excluding hydrogens is 366 g/mol. The SMILES string of the molecule is C=CCNC(=O)N[C@H]1CCN(C(=O)c2cnccn2)[C@@H]1C(=O)N(C)CC(N)=O. The summed E-state index contributed by atoms with van der Waals surface area (Å²) in [5.41, 5.74) is 5.24. The van der Waals surface area contributed by atoms with Crippen LogP contribution in [0.2, 0.25) is 0 Å². The number of aromatic nitrogens is 2. The van der Waals surface area contributed by atoms with Gasteiger partial charge < -0.3 is 26.2 Å². The van der Waals surface area contributed by atoms with Crippen LogP contribution in [0.5, 0.6) is 0 Å². The lowest BCUT2D eigenvalue weighted by Crippen LogP contribution is -2.57. The van der Waals surface area contributed by atoms with Crippen molar-refractivity contribution in [2.75, 3.05) is 26.7 Å². The number of hydrogen-bond donors (Lipinski definition) is 3. The maximum Gasteiger partial charge on any atom is 0.315 e. The van der Waals surface area contributed by atoms with Crippen molar-refractivity contribution in [2.24, 2.45) is 5.73 Å². The molecule has 1 aromatic rings. The number of primary amides is 1. The van der Waals surface area contributed by atoms with Gasteiger partial charge >= 0.3 is 6.03 Å². The molecule has 2 heterocycles. The summed E-state index contributed by atoms with van der Waals surface area (Å²) in [6.45, 7) is 3.68. The molecule has 5 amide bonds. The minimum absolute atomic E-state index is 0.0783. The predicted octanol–water partition coefficient (Wildman–Crippen LogP) is -1.51. The lowest BCUT2D eigenvalue weighted by molar-refractivity contribution is -0.137. The molecule has 0 unspecified atom stereocenters. The lowest BCUT2D eigenvalue weighted by Gasteiger charge is -2.30. The Kier molecular flexibility index (Phi) is 7.02. The molecule has 2 rings (SSSR count). The fourth-order valence-electron chi connectivity index (χ4n) is 2.96. The summed E-state index contributed by atoms with van der Waals surface area (Å²) in [7, 11) is 1.41. The first-order valence-corrected chi connectivity index (χ1v) is 8.60. The van der Waals surface area contributed by atoms with Crippen molar-refractivity contribution < 1.29 is 19.2 Å². The molecule has 0 saturated carbocycles. The number of likely N-dealkylation sites (tertiary alicyclic amines) is 1. The highest BCUT2D eigenvalue weighted by Crippen LogP contribution is 2.22. The third-order valence-corrected chi connectivity index (χ3v) is 4.19. The van der Waals surface area contributed by atoms with E-state index in [4.69, 9.17) is 5.73 Å². The average molecular weight is 389 g/mol. The van der Waals surface area contributed by atoms with E-state index in [0.29, 0.717) is 6.42 Å². The van der Waals surface area contributed by atoms with E-state index in [0.717, 1.165) is 4.90 Å². The number of nitrogens with one attached hydrogen (secondary N) is 2. The van der Waals surface area contributed by atoms with Gasteiger partial charge in [0.2, 0.25) is 11.8 Å². The Bertz CT molecular complexity index is 755. The van der Waals surface area contributed by atoms with E-state index < -0.39 is 35.8 Å². The highest BCUT2D eigenvalue weighted by molar-refractivity contribution is 5.97. The Balaban J connectivity index is 2.24. The van der Waals surface area contributed by atoms with Gasteiger partial charge in [0.15, 0.2) is 0 Å². The number of rotatable bonds is 7. The summed E-state index contributed by atoms with van der Waals surface area (Å²) in [4.78, 5) is 59.3. The van der Waals surface area contributed by atoms with Crippen molar-refractivity contribution in [1.29, 1.82) is 0 Å². The zero-order chi connectivity index (χ0) is 20.7. The molecule has 11 heteroatoms. The molecule has 0 radical (unpaired) electrons. The largest absolute Gasteiger partial charge is 0.368 e. The fourth-order valence-corrected chi connectivity index (χ4v) is 2.96. The van der Waals surface area contributed by atoms with Crippen LogP contribution in [0.25, 0.3) is 0 Å². The summed E-state index contributed by atoms with van der Waals surface area (Å²) in [5, 5.41) is 5.26. The van der Waals surface area contributed by atoms with Crippen LogP contribution in [0, 0.1) is 0 Å². The first kappa shape index (κ1) is 20.8. The zero-order valence-electron chi connectivity index (χ0n) is 15.5. The standard InChI is InChI=1S/C17H23N7O4/c1-3-5-21-17(28)22-11-4-8-24(15(26)12-9-19-6-7-20-12)14(11)16(27)23(2)10-13(18)25/h3,6-7,9,11,14H,1,4-5,8,10H2,2H3,(H2,18,25)(H2,21,22,28)/t11-,14-/m0/s1. The second-order valence-corrected chi connectivity index (χ2v) is 6.23. The van der Waals surface area contributed by atoms with Gasteiger partial charge in [-0.05, 0) is 6.42 Å². The van der Waals surface area contributed by atoms with Crippen LogP contribution in [0.3, 0.4) is 0 Å². The molecule has 4 N–H and O–H groups in total.